The Bertz CT molecular complexity index is 965. The van der Waals surface area contributed by atoms with Gasteiger partial charge in [0.15, 0.2) is 5.13 Å². The highest BCUT2D eigenvalue weighted by molar-refractivity contribution is 7.14. The van der Waals surface area contributed by atoms with E-state index in [0.717, 1.165) is 5.56 Å². The van der Waals surface area contributed by atoms with Crippen LogP contribution in [0.15, 0.2) is 53.9 Å². The SMILES string of the molecule is CC(C)c1ccc(CC(=O)Nc2nc(-c3cccc([N+](=O)[O-])c3)cs2)cc1. The number of anilines is 1. The molecule has 0 radical (unpaired) electrons. The molecule has 0 saturated carbocycles. The Balaban J connectivity index is 1.65. The van der Waals surface area contributed by atoms with Crippen molar-refractivity contribution in [2.75, 3.05) is 5.32 Å². The second-order valence-electron chi connectivity index (χ2n) is 6.47. The number of amides is 1. The van der Waals surface area contributed by atoms with E-state index in [1.807, 2.05) is 24.3 Å². The number of carbonyl (C=O) groups excluding carboxylic acids is 1. The summed E-state index contributed by atoms with van der Waals surface area (Å²) in [6.07, 6.45) is 0.268. The smallest absolute Gasteiger partial charge is 0.270 e. The van der Waals surface area contributed by atoms with Crippen LogP contribution in [-0.2, 0) is 11.2 Å². The summed E-state index contributed by atoms with van der Waals surface area (Å²) in [6.45, 7) is 4.26. The fourth-order valence-electron chi connectivity index (χ4n) is 2.61. The van der Waals surface area contributed by atoms with Crippen molar-refractivity contribution in [2.45, 2.75) is 26.2 Å². The minimum atomic E-state index is -0.441. The van der Waals surface area contributed by atoms with E-state index in [1.165, 1.54) is 29.0 Å². The Morgan fingerprint density at radius 1 is 1.22 bits per heavy atom. The molecule has 0 saturated heterocycles. The van der Waals surface area contributed by atoms with Gasteiger partial charge in [0.25, 0.3) is 5.69 Å². The van der Waals surface area contributed by atoms with E-state index in [9.17, 15) is 14.9 Å². The van der Waals surface area contributed by atoms with Crippen LogP contribution in [0.2, 0.25) is 0 Å². The van der Waals surface area contributed by atoms with Crippen molar-refractivity contribution in [1.82, 2.24) is 4.98 Å². The van der Waals surface area contributed by atoms with Gasteiger partial charge in [0, 0.05) is 23.1 Å². The van der Waals surface area contributed by atoms with Gasteiger partial charge in [-0.15, -0.1) is 11.3 Å². The first-order valence-electron chi connectivity index (χ1n) is 8.51. The van der Waals surface area contributed by atoms with Gasteiger partial charge in [0.1, 0.15) is 0 Å². The number of nitro groups is 1. The molecule has 1 aromatic heterocycles. The molecule has 0 bridgehead atoms. The lowest BCUT2D eigenvalue weighted by Gasteiger charge is -2.06. The number of rotatable bonds is 6. The first-order valence-corrected chi connectivity index (χ1v) is 9.39. The number of nitrogens with zero attached hydrogens (tertiary/aromatic N) is 2. The monoisotopic (exact) mass is 381 g/mol. The molecule has 27 heavy (non-hydrogen) atoms. The van der Waals surface area contributed by atoms with Gasteiger partial charge in [0.05, 0.1) is 17.0 Å². The van der Waals surface area contributed by atoms with Crippen LogP contribution in [0.4, 0.5) is 10.8 Å². The zero-order valence-electron chi connectivity index (χ0n) is 15.0. The number of hydrogen-bond donors (Lipinski definition) is 1. The molecule has 138 valence electrons. The maximum Gasteiger partial charge on any atom is 0.270 e. The summed E-state index contributed by atoms with van der Waals surface area (Å²) in [5.41, 5.74) is 3.43. The van der Waals surface area contributed by atoms with Crippen LogP contribution in [-0.4, -0.2) is 15.8 Å². The molecule has 0 aliphatic carbocycles. The molecule has 0 fully saturated rings. The zero-order valence-corrected chi connectivity index (χ0v) is 15.8. The van der Waals surface area contributed by atoms with Crippen LogP contribution < -0.4 is 5.32 Å². The first-order chi connectivity index (χ1) is 12.9. The minimum absolute atomic E-state index is 0.0101. The largest absolute Gasteiger partial charge is 0.302 e. The van der Waals surface area contributed by atoms with Crippen LogP contribution >= 0.6 is 11.3 Å². The van der Waals surface area contributed by atoms with Crippen molar-refractivity contribution in [1.29, 1.82) is 0 Å². The van der Waals surface area contributed by atoms with Crippen molar-refractivity contribution in [2.24, 2.45) is 0 Å². The Labute approximate surface area is 161 Å². The Morgan fingerprint density at radius 3 is 2.63 bits per heavy atom. The summed E-state index contributed by atoms with van der Waals surface area (Å²) in [7, 11) is 0. The number of aromatic nitrogens is 1. The molecule has 1 N–H and O–H groups in total. The highest BCUT2D eigenvalue weighted by Crippen LogP contribution is 2.27. The second kappa shape index (κ2) is 8.09. The van der Waals surface area contributed by atoms with Gasteiger partial charge in [-0.2, -0.15) is 0 Å². The van der Waals surface area contributed by atoms with E-state index in [1.54, 1.807) is 17.5 Å². The predicted molar refractivity (Wildman–Crippen MR) is 107 cm³/mol. The fraction of sp³-hybridized carbons (Fsp3) is 0.200. The van der Waals surface area contributed by atoms with Crippen molar-refractivity contribution >= 4 is 28.1 Å². The summed E-state index contributed by atoms with van der Waals surface area (Å²) in [5.74, 6) is 0.308. The summed E-state index contributed by atoms with van der Waals surface area (Å²) in [4.78, 5) is 27.1. The van der Waals surface area contributed by atoms with Gasteiger partial charge >= 0.3 is 0 Å². The lowest BCUT2D eigenvalue weighted by Crippen LogP contribution is -2.14. The number of thiazole rings is 1. The third kappa shape index (κ3) is 4.77. The van der Waals surface area contributed by atoms with E-state index in [-0.39, 0.29) is 18.0 Å². The number of hydrogen-bond acceptors (Lipinski definition) is 5. The Morgan fingerprint density at radius 2 is 1.96 bits per heavy atom. The summed E-state index contributed by atoms with van der Waals surface area (Å²) < 4.78 is 0. The van der Waals surface area contributed by atoms with Crippen LogP contribution in [0.1, 0.15) is 30.9 Å². The van der Waals surface area contributed by atoms with Crippen molar-refractivity contribution in [3.8, 4) is 11.3 Å². The van der Waals surface area contributed by atoms with Crippen molar-refractivity contribution < 1.29 is 9.72 Å². The lowest BCUT2D eigenvalue weighted by molar-refractivity contribution is -0.384. The fourth-order valence-corrected chi connectivity index (χ4v) is 3.35. The van der Waals surface area contributed by atoms with E-state index >= 15 is 0 Å². The predicted octanol–water partition coefficient (Wildman–Crippen LogP) is 5.02. The van der Waals surface area contributed by atoms with Crippen LogP contribution in [0.5, 0.6) is 0 Å². The molecule has 0 aliphatic heterocycles. The molecule has 6 nitrogen and oxygen atoms in total. The van der Waals surface area contributed by atoms with Gasteiger partial charge in [-0.1, -0.05) is 50.2 Å². The Hall–Kier alpha value is -3.06. The maximum atomic E-state index is 12.3. The van der Waals surface area contributed by atoms with Crippen LogP contribution in [0, 0.1) is 10.1 Å². The highest BCUT2D eigenvalue weighted by atomic mass is 32.1. The minimum Gasteiger partial charge on any atom is -0.302 e. The van der Waals surface area contributed by atoms with E-state index in [2.05, 4.69) is 24.1 Å². The van der Waals surface area contributed by atoms with Gasteiger partial charge in [0.2, 0.25) is 5.91 Å². The van der Waals surface area contributed by atoms with E-state index in [4.69, 9.17) is 0 Å². The average Bonchev–Trinajstić information content (AvgIpc) is 3.10. The number of nitrogens with one attached hydrogen (secondary N) is 1. The van der Waals surface area contributed by atoms with Gasteiger partial charge in [-0.25, -0.2) is 4.98 Å². The maximum absolute atomic E-state index is 12.3. The van der Waals surface area contributed by atoms with Gasteiger partial charge < -0.3 is 5.32 Å². The number of nitro benzene ring substituents is 1. The molecule has 1 heterocycles. The number of benzene rings is 2. The molecule has 0 aliphatic rings. The summed E-state index contributed by atoms with van der Waals surface area (Å²) in [5, 5.41) is 15.9. The van der Waals surface area contributed by atoms with Crippen molar-refractivity contribution in [3.63, 3.8) is 0 Å². The molecule has 0 atom stereocenters. The van der Waals surface area contributed by atoms with Crippen LogP contribution in [0.3, 0.4) is 0 Å². The topological polar surface area (TPSA) is 85.1 Å². The quantitative estimate of drug-likeness (QED) is 0.480. The Kier molecular flexibility index (Phi) is 5.61. The standard InChI is InChI=1S/C20H19N3O3S/c1-13(2)15-8-6-14(7-9-15)10-19(24)22-20-21-18(12-27-20)16-4-3-5-17(11-16)23(25)26/h3-9,11-13H,10H2,1-2H3,(H,21,22,24). The molecule has 3 rings (SSSR count). The lowest BCUT2D eigenvalue weighted by atomic mass is 10.0. The molecular weight excluding hydrogens is 362 g/mol. The van der Waals surface area contributed by atoms with Gasteiger partial charge in [-0.3, -0.25) is 14.9 Å². The molecule has 3 aromatic rings. The zero-order chi connectivity index (χ0) is 19.4. The molecular formula is C20H19N3O3S. The van der Waals surface area contributed by atoms with Crippen LogP contribution in [0.25, 0.3) is 11.3 Å². The summed E-state index contributed by atoms with van der Waals surface area (Å²) >= 11 is 1.29. The molecule has 2 aromatic carbocycles. The van der Waals surface area contributed by atoms with Crippen molar-refractivity contribution in [3.05, 3.63) is 75.2 Å². The molecule has 7 heteroatoms. The average molecular weight is 381 g/mol. The normalized spacial score (nSPS) is 10.8. The third-order valence-electron chi connectivity index (χ3n) is 4.11. The summed E-state index contributed by atoms with van der Waals surface area (Å²) in [6, 6.07) is 14.3. The van der Waals surface area contributed by atoms with E-state index < -0.39 is 4.92 Å². The molecule has 1 amide bonds. The highest BCUT2D eigenvalue weighted by Gasteiger charge is 2.12. The first kappa shape index (κ1) is 18.7. The number of carbonyl (C=O) groups is 1. The van der Waals surface area contributed by atoms with Gasteiger partial charge in [-0.05, 0) is 17.0 Å². The second-order valence-corrected chi connectivity index (χ2v) is 7.32. The number of non-ortho nitro benzene ring substituents is 1. The molecule has 0 unspecified atom stereocenters. The molecule has 0 spiro atoms. The van der Waals surface area contributed by atoms with E-state index in [0.29, 0.717) is 22.3 Å². The third-order valence-corrected chi connectivity index (χ3v) is 4.87.